The molecule has 0 aliphatic heterocycles. The standard InChI is InChI=1S/C30H58N4/c1-2-7-15-27(14-6-1)31-22-23-33(29-18-10-5-11-19-29)24-25-34(30-20-12-13-21-30)26-32-28-16-8-3-4-9-17-28/h27-32H,1-26H2. The van der Waals surface area contributed by atoms with Crippen molar-refractivity contribution in [1.82, 2.24) is 20.4 Å². The zero-order chi connectivity index (χ0) is 23.3. The number of rotatable bonds is 12. The van der Waals surface area contributed by atoms with Gasteiger partial charge in [-0.25, -0.2) is 0 Å². The van der Waals surface area contributed by atoms with Gasteiger partial charge in [0, 0.05) is 57.0 Å². The number of hydrogen-bond acceptors (Lipinski definition) is 4. The fourth-order valence-electron chi connectivity index (χ4n) is 7.47. The Labute approximate surface area is 212 Å². The molecular weight excluding hydrogens is 416 g/mol. The van der Waals surface area contributed by atoms with Crippen molar-refractivity contribution in [3.63, 3.8) is 0 Å². The highest BCUT2D eigenvalue weighted by atomic mass is 15.3. The minimum Gasteiger partial charge on any atom is -0.313 e. The number of nitrogens with zero attached hydrogens (tertiary/aromatic N) is 2. The molecule has 4 aliphatic carbocycles. The third-order valence-electron chi connectivity index (χ3n) is 9.73. The minimum atomic E-state index is 0.768. The molecule has 198 valence electrons. The van der Waals surface area contributed by atoms with Gasteiger partial charge in [0.1, 0.15) is 0 Å². The predicted molar refractivity (Wildman–Crippen MR) is 146 cm³/mol. The van der Waals surface area contributed by atoms with E-state index >= 15 is 0 Å². The first-order valence-electron chi connectivity index (χ1n) is 15.8. The molecule has 0 bridgehead atoms. The zero-order valence-electron chi connectivity index (χ0n) is 22.6. The molecule has 4 saturated carbocycles. The van der Waals surface area contributed by atoms with Crippen LogP contribution in [-0.4, -0.2) is 66.8 Å². The second kappa shape index (κ2) is 15.8. The molecule has 0 spiro atoms. The fourth-order valence-corrected chi connectivity index (χ4v) is 7.47. The molecule has 0 aromatic carbocycles. The first-order chi connectivity index (χ1) is 16.9. The van der Waals surface area contributed by atoms with Gasteiger partial charge in [0.15, 0.2) is 0 Å². The first kappa shape index (κ1) is 26.9. The highest BCUT2D eigenvalue weighted by molar-refractivity contribution is 4.83. The van der Waals surface area contributed by atoms with E-state index in [-0.39, 0.29) is 0 Å². The molecule has 4 heteroatoms. The summed E-state index contributed by atoms with van der Waals surface area (Å²) >= 11 is 0. The molecule has 0 unspecified atom stereocenters. The highest BCUT2D eigenvalue weighted by Gasteiger charge is 2.26. The third kappa shape index (κ3) is 9.37. The molecule has 0 aromatic rings. The van der Waals surface area contributed by atoms with Crippen LogP contribution in [0, 0.1) is 0 Å². The van der Waals surface area contributed by atoms with Gasteiger partial charge in [-0.1, -0.05) is 83.5 Å². The van der Waals surface area contributed by atoms with Crippen LogP contribution < -0.4 is 10.6 Å². The summed E-state index contributed by atoms with van der Waals surface area (Å²) in [6.07, 6.45) is 30.2. The molecule has 0 amide bonds. The molecule has 34 heavy (non-hydrogen) atoms. The van der Waals surface area contributed by atoms with Crippen molar-refractivity contribution in [1.29, 1.82) is 0 Å². The lowest BCUT2D eigenvalue weighted by atomic mass is 9.94. The molecule has 4 aliphatic rings. The maximum atomic E-state index is 4.03. The van der Waals surface area contributed by atoms with Crippen molar-refractivity contribution in [3.8, 4) is 0 Å². The summed E-state index contributed by atoms with van der Waals surface area (Å²) in [6, 6.07) is 3.22. The molecule has 2 N–H and O–H groups in total. The van der Waals surface area contributed by atoms with E-state index in [1.54, 1.807) is 0 Å². The van der Waals surface area contributed by atoms with Gasteiger partial charge >= 0.3 is 0 Å². The van der Waals surface area contributed by atoms with Crippen LogP contribution in [0.1, 0.15) is 135 Å². The summed E-state index contributed by atoms with van der Waals surface area (Å²) in [6.45, 7) is 6.14. The van der Waals surface area contributed by atoms with Gasteiger partial charge in [0.2, 0.25) is 0 Å². The zero-order valence-corrected chi connectivity index (χ0v) is 22.6. The Morgan fingerprint density at radius 3 is 1.41 bits per heavy atom. The van der Waals surface area contributed by atoms with Crippen LogP contribution in [0.25, 0.3) is 0 Å². The summed E-state index contributed by atoms with van der Waals surface area (Å²) in [4.78, 5) is 5.78. The van der Waals surface area contributed by atoms with Crippen molar-refractivity contribution in [2.24, 2.45) is 0 Å². The Kier molecular flexibility index (Phi) is 12.5. The van der Waals surface area contributed by atoms with Crippen molar-refractivity contribution < 1.29 is 0 Å². The molecule has 0 radical (unpaired) electrons. The van der Waals surface area contributed by atoms with E-state index in [1.165, 1.54) is 161 Å². The minimum absolute atomic E-state index is 0.768. The lowest BCUT2D eigenvalue weighted by molar-refractivity contribution is 0.107. The van der Waals surface area contributed by atoms with Crippen LogP contribution in [-0.2, 0) is 0 Å². The Bertz CT molecular complexity index is 498. The lowest BCUT2D eigenvalue weighted by Gasteiger charge is -2.38. The Balaban J connectivity index is 1.27. The van der Waals surface area contributed by atoms with E-state index in [1.807, 2.05) is 0 Å². The van der Waals surface area contributed by atoms with Gasteiger partial charge < -0.3 is 10.6 Å². The molecule has 0 heterocycles. The average molecular weight is 475 g/mol. The Hall–Kier alpha value is -0.160. The average Bonchev–Trinajstić information content (AvgIpc) is 3.11. The maximum absolute atomic E-state index is 4.03. The van der Waals surface area contributed by atoms with Gasteiger partial charge in [0.25, 0.3) is 0 Å². The van der Waals surface area contributed by atoms with Gasteiger partial charge in [-0.15, -0.1) is 0 Å². The molecule has 4 nitrogen and oxygen atoms in total. The SMILES string of the molecule is C1CCCC(NCCN(CCN(CNC2CCCCCC2)C2CCCC2)C2CCCCC2)CC1. The van der Waals surface area contributed by atoms with E-state index in [0.717, 1.165) is 30.8 Å². The van der Waals surface area contributed by atoms with Gasteiger partial charge in [-0.05, 0) is 51.4 Å². The molecule has 4 fully saturated rings. The molecule has 0 atom stereocenters. The largest absolute Gasteiger partial charge is 0.313 e. The van der Waals surface area contributed by atoms with Crippen LogP contribution in [0.3, 0.4) is 0 Å². The van der Waals surface area contributed by atoms with Crippen molar-refractivity contribution in [2.45, 2.75) is 159 Å². The van der Waals surface area contributed by atoms with Crippen molar-refractivity contribution in [3.05, 3.63) is 0 Å². The second-order valence-electron chi connectivity index (χ2n) is 12.3. The summed E-state index contributed by atoms with van der Waals surface area (Å²) in [7, 11) is 0. The molecule has 0 aromatic heterocycles. The number of hydrogen-bond donors (Lipinski definition) is 2. The van der Waals surface area contributed by atoms with E-state index in [0.29, 0.717) is 0 Å². The third-order valence-corrected chi connectivity index (χ3v) is 9.73. The van der Waals surface area contributed by atoms with E-state index in [9.17, 15) is 0 Å². The Morgan fingerprint density at radius 1 is 0.412 bits per heavy atom. The smallest absolute Gasteiger partial charge is 0.0485 e. The van der Waals surface area contributed by atoms with E-state index in [2.05, 4.69) is 20.4 Å². The summed E-state index contributed by atoms with van der Waals surface area (Å²) < 4.78 is 0. The summed E-state index contributed by atoms with van der Waals surface area (Å²) in [5.41, 5.74) is 0. The normalized spacial score (nSPS) is 25.2. The summed E-state index contributed by atoms with van der Waals surface area (Å²) in [5, 5.41) is 8.01. The molecular formula is C30H58N4. The highest BCUT2D eigenvalue weighted by Crippen LogP contribution is 2.26. The van der Waals surface area contributed by atoms with Gasteiger partial charge in [-0.2, -0.15) is 0 Å². The van der Waals surface area contributed by atoms with Crippen LogP contribution in [0.15, 0.2) is 0 Å². The second-order valence-corrected chi connectivity index (χ2v) is 12.3. The summed E-state index contributed by atoms with van der Waals surface area (Å²) in [5.74, 6) is 0. The van der Waals surface area contributed by atoms with Gasteiger partial charge in [-0.3, -0.25) is 9.80 Å². The first-order valence-corrected chi connectivity index (χ1v) is 15.8. The lowest BCUT2D eigenvalue weighted by Crippen LogP contribution is -2.50. The monoisotopic (exact) mass is 474 g/mol. The predicted octanol–water partition coefficient (Wildman–Crippen LogP) is 6.45. The van der Waals surface area contributed by atoms with Crippen molar-refractivity contribution >= 4 is 0 Å². The van der Waals surface area contributed by atoms with Crippen LogP contribution in [0.2, 0.25) is 0 Å². The van der Waals surface area contributed by atoms with Crippen LogP contribution in [0.5, 0.6) is 0 Å². The molecule has 0 saturated heterocycles. The maximum Gasteiger partial charge on any atom is 0.0485 e. The van der Waals surface area contributed by atoms with Gasteiger partial charge in [0.05, 0.1) is 0 Å². The quantitative estimate of drug-likeness (QED) is 0.251. The Morgan fingerprint density at radius 2 is 0.824 bits per heavy atom. The topological polar surface area (TPSA) is 30.5 Å². The van der Waals surface area contributed by atoms with Crippen LogP contribution >= 0.6 is 0 Å². The van der Waals surface area contributed by atoms with E-state index < -0.39 is 0 Å². The molecule has 4 rings (SSSR count). The fraction of sp³-hybridized carbons (Fsp3) is 1.00. The number of nitrogens with one attached hydrogen (secondary N) is 2. The van der Waals surface area contributed by atoms with Crippen molar-refractivity contribution in [2.75, 3.05) is 32.8 Å². The van der Waals surface area contributed by atoms with E-state index in [4.69, 9.17) is 0 Å². The van der Waals surface area contributed by atoms with Crippen LogP contribution in [0.4, 0.5) is 0 Å².